The first kappa shape index (κ1) is 17.7. The highest BCUT2D eigenvalue weighted by molar-refractivity contribution is 5.04. The second-order valence-electron chi connectivity index (χ2n) is 11.6. The molecule has 8 fully saturated rings. The Balaban J connectivity index is 0.907. The van der Waals surface area contributed by atoms with Crippen LogP contribution in [0.3, 0.4) is 0 Å². The fourth-order valence-electron chi connectivity index (χ4n) is 9.22. The fraction of sp³-hybridized carbons (Fsp3) is 1.00. The minimum absolute atomic E-state index is 0.270. The van der Waals surface area contributed by atoms with Crippen LogP contribution < -0.4 is 5.32 Å². The van der Waals surface area contributed by atoms with Gasteiger partial charge in [0.15, 0.2) is 0 Å². The Morgan fingerprint density at radius 2 is 0.815 bits per heavy atom. The Labute approximate surface area is 165 Å². The van der Waals surface area contributed by atoms with Crippen molar-refractivity contribution in [2.24, 2.45) is 35.5 Å². The maximum absolute atomic E-state index is 6.52. The molecule has 8 aliphatic carbocycles. The van der Waals surface area contributed by atoms with E-state index in [4.69, 9.17) is 9.47 Å². The Morgan fingerprint density at radius 3 is 1.11 bits per heavy atom. The third-order valence-corrected chi connectivity index (χ3v) is 9.34. The maximum atomic E-state index is 6.52. The summed E-state index contributed by atoms with van der Waals surface area (Å²) in [5.74, 6) is 5.90. The van der Waals surface area contributed by atoms with Crippen LogP contribution in [0.15, 0.2) is 0 Å². The van der Waals surface area contributed by atoms with Crippen molar-refractivity contribution in [1.29, 1.82) is 0 Å². The van der Waals surface area contributed by atoms with Crippen LogP contribution in [0.4, 0.5) is 0 Å². The van der Waals surface area contributed by atoms with Gasteiger partial charge in [0.2, 0.25) is 0 Å². The lowest BCUT2D eigenvalue weighted by atomic mass is 9.54. The van der Waals surface area contributed by atoms with Gasteiger partial charge in [-0.05, 0) is 113 Å². The molecule has 0 amide bonds. The van der Waals surface area contributed by atoms with Crippen LogP contribution in [0.1, 0.15) is 77.0 Å². The van der Waals surface area contributed by atoms with E-state index in [1.54, 1.807) is 0 Å². The van der Waals surface area contributed by atoms with E-state index in [1.807, 2.05) is 0 Å². The quantitative estimate of drug-likeness (QED) is 0.633. The Morgan fingerprint density at radius 1 is 0.519 bits per heavy atom. The minimum Gasteiger partial charge on any atom is -0.374 e. The van der Waals surface area contributed by atoms with Crippen molar-refractivity contribution in [3.63, 3.8) is 0 Å². The molecule has 27 heavy (non-hydrogen) atoms. The molecule has 0 aromatic heterocycles. The lowest BCUT2D eigenvalue weighted by Crippen LogP contribution is -2.53. The summed E-state index contributed by atoms with van der Waals surface area (Å²) in [6.07, 6.45) is 17.1. The molecule has 0 aromatic carbocycles. The van der Waals surface area contributed by atoms with Gasteiger partial charge in [0.25, 0.3) is 0 Å². The normalized spacial score (nSPS) is 52.0. The zero-order chi connectivity index (χ0) is 17.9. The van der Waals surface area contributed by atoms with E-state index in [1.165, 1.54) is 77.0 Å². The van der Waals surface area contributed by atoms with Crippen molar-refractivity contribution in [3.05, 3.63) is 0 Å². The number of ether oxygens (including phenoxy) is 2. The van der Waals surface area contributed by atoms with Crippen LogP contribution in [0.25, 0.3) is 0 Å². The summed E-state index contributed by atoms with van der Waals surface area (Å²) in [5, 5.41) is 3.60. The van der Waals surface area contributed by atoms with Crippen molar-refractivity contribution in [1.82, 2.24) is 5.32 Å². The molecule has 1 N–H and O–H groups in total. The van der Waals surface area contributed by atoms with Crippen LogP contribution in [-0.2, 0) is 9.47 Å². The van der Waals surface area contributed by atoms with Crippen molar-refractivity contribution in [2.45, 2.75) is 88.3 Å². The highest BCUT2D eigenvalue weighted by atomic mass is 16.5. The molecule has 8 bridgehead atoms. The van der Waals surface area contributed by atoms with Gasteiger partial charge < -0.3 is 14.8 Å². The standard InChI is InChI=1S/C24H39NO2/c1(3-26-23-11-17-5-18(12-23)7-19(6-17)13-23)25-2-4-27-24-14-20-8-21(15-24)10-22(9-20)16-24/h17-22,25H,1-16H2. The summed E-state index contributed by atoms with van der Waals surface area (Å²) in [7, 11) is 0. The molecule has 0 atom stereocenters. The van der Waals surface area contributed by atoms with E-state index >= 15 is 0 Å². The minimum atomic E-state index is 0.270. The number of hydrogen-bond acceptors (Lipinski definition) is 3. The summed E-state index contributed by atoms with van der Waals surface area (Å²) in [6.45, 7) is 3.77. The highest BCUT2D eigenvalue weighted by Crippen LogP contribution is 2.58. The van der Waals surface area contributed by atoms with Crippen molar-refractivity contribution < 1.29 is 9.47 Å². The zero-order valence-corrected chi connectivity index (χ0v) is 17.1. The first-order valence-corrected chi connectivity index (χ1v) is 12.2. The smallest absolute Gasteiger partial charge is 0.0691 e. The van der Waals surface area contributed by atoms with Crippen LogP contribution in [-0.4, -0.2) is 37.5 Å². The summed E-state index contributed by atoms with van der Waals surface area (Å²) in [6, 6.07) is 0. The summed E-state index contributed by atoms with van der Waals surface area (Å²) in [4.78, 5) is 0. The third kappa shape index (κ3) is 3.40. The molecule has 8 saturated carbocycles. The molecule has 3 nitrogen and oxygen atoms in total. The zero-order valence-electron chi connectivity index (χ0n) is 17.1. The molecule has 8 aliphatic rings. The molecule has 8 rings (SSSR count). The summed E-state index contributed by atoms with van der Waals surface area (Å²) < 4.78 is 13.0. The van der Waals surface area contributed by atoms with Gasteiger partial charge >= 0.3 is 0 Å². The molecule has 0 saturated heterocycles. The second-order valence-corrected chi connectivity index (χ2v) is 11.6. The highest BCUT2D eigenvalue weighted by Gasteiger charge is 2.52. The van der Waals surface area contributed by atoms with E-state index in [0.29, 0.717) is 0 Å². The second kappa shape index (κ2) is 6.71. The molecule has 0 spiro atoms. The predicted molar refractivity (Wildman–Crippen MR) is 107 cm³/mol. The Bertz CT molecular complexity index is 440. The molecule has 0 aliphatic heterocycles. The van der Waals surface area contributed by atoms with Crippen molar-refractivity contribution in [3.8, 4) is 0 Å². The summed E-state index contributed by atoms with van der Waals surface area (Å²) >= 11 is 0. The molecule has 0 heterocycles. The third-order valence-electron chi connectivity index (χ3n) is 9.34. The van der Waals surface area contributed by atoms with Gasteiger partial charge in [-0.1, -0.05) is 0 Å². The van der Waals surface area contributed by atoms with E-state index in [0.717, 1.165) is 61.8 Å². The number of hydrogen-bond donors (Lipinski definition) is 1. The molecule has 3 heteroatoms. The van der Waals surface area contributed by atoms with Crippen LogP contribution in [0.2, 0.25) is 0 Å². The van der Waals surface area contributed by atoms with Gasteiger partial charge in [-0.25, -0.2) is 0 Å². The van der Waals surface area contributed by atoms with E-state index in [2.05, 4.69) is 5.32 Å². The molecule has 0 unspecified atom stereocenters. The predicted octanol–water partition coefficient (Wildman–Crippen LogP) is 4.55. The SMILES string of the molecule is C(COC12CC3CC(CC(C3)C1)C2)NCCOC12CC3CC(CC(C3)C1)C2. The van der Waals surface area contributed by atoms with Crippen LogP contribution >= 0.6 is 0 Å². The van der Waals surface area contributed by atoms with Gasteiger partial charge in [0.1, 0.15) is 0 Å². The number of nitrogens with one attached hydrogen (secondary N) is 1. The van der Waals surface area contributed by atoms with Gasteiger partial charge in [0.05, 0.1) is 24.4 Å². The largest absolute Gasteiger partial charge is 0.374 e. The first-order valence-electron chi connectivity index (χ1n) is 12.2. The molecule has 152 valence electrons. The van der Waals surface area contributed by atoms with E-state index in [-0.39, 0.29) is 11.2 Å². The lowest BCUT2D eigenvalue weighted by molar-refractivity contribution is -0.164. The van der Waals surface area contributed by atoms with Crippen molar-refractivity contribution in [2.75, 3.05) is 26.3 Å². The first-order chi connectivity index (χ1) is 13.2. The average Bonchev–Trinajstić information content (AvgIpc) is 2.58. The van der Waals surface area contributed by atoms with Gasteiger partial charge in [0, 0.05) is 13.1 Å². The summed E-state index contributed by atoms with van der Waals surface area (Å²) in [5.41, 5.74) is 0.540. The monoisotopic (exact) mass is 373 g/mol. The number of rotatable bonds is 8. The Kier molecular flexibility index (Phi) is 4.40. The lowest BCUT2D eigenvalue weighted by Gasteiger charge is -2.56. The molecular formula is C24H39NO2. The molecule has 0 aromatic rings. The van der Waals surface area contributed by atoms with Crippen molar-refractivity contribution >= 4 is 0 Å². The van der Waals surface area contributed by atoms with Gasteiger partial charge in [-0.2, -0.15) is 0 Å². The average molecular weight is 374 g/mol. The Hall–Kier alpha value is -0.120. The fourth-order valence-corrected chi connectivity index (χ4v) is 9.22. The molecule has 0 radical (unpaired) electrons. The van der Waals surface area contributed by atoms with E-state index < -0.39 is 0 Å². The van der Waals surface area contributed by atoms with Crippen LogP contribution in [0, 0.1) is 35.5 Å². The maximum Gasteiger partial charge on any atom is 0.0691 e. The van der Waals surface area contributed by atoms with E-state index in [9.17, 15) is 0 Å². The van der Waals surface area contributed by atoms with Gasteiger partial charge in [-0.15, -0.1) is 0 Å². The topological polar surface area (TPSA) is 30.5 Å². The van der Waals surface area contributed by atoms with Gasteiger partial charge in [-0.3, -0.25) is 0 Å². The van der Waals surface area contributed by atoms with Crippen LogP contribution in [0.5, 0.6) is 0 Å². The molecular weight excluding hydrogens is 334 g/mol.